The van der Waals surface area contributed by atoms with Crippen molar-refractivity contribution in [2.75, 3.05) is 19.7 Å². The van der Waals surface area contributed by atoms with E-state index in [-0.39, 0.29) is 13.0 Å². The third-order valence-electron chi connectivity index (χ3n) is 6.17. The Hall–Kier alpha value is -3.79. The van der Waals surface area contributed by atoms with Crippen molar-refractivity contribution in [3.05, 3.63) is 52.0 Å². The number of rotatable bonds is 4. The maximum absolute atomic E-state index is 13.0. The largest absolute Gasteiger partial charge is 0.488 e. The lowest BCUT2D eigenvalue weighted by molar-refractivity contribution is -0.133. The molecule has 2 aromatic rings. The number of halogens is 1. The monoisotopic (exact) mass is 536 g/mol. The number of fused-ring (bicyclic) bond motifs is 3. The van der Waals surface area contributed by atoms with Crippen LogP contribution >= 0.6 is 11.6 Å². The molecule has 38 heavy (non-hydrogen) atoms. The van der Waals surface area contributed by atoms with E-state index in [0.717, 1.165) is 16.7 Å². The molecule has 0 aliphatic carbocycles. The van der Waals surface area contributed by atoms with Gasteiger partial charge in [-0.3, -0.25) is 4.79 Å². The minimum Gasteiger partial charge on any atom is -0.488 e. The molecule has 0 bridgehead atoms. The van der Waals surface area contributed by atoms with Gasteiger partial charge in [0, 0.05) is 30.2 Å². The highest BCUT2D eigenvalue weighted by Crippen LogP contribution is 2.41. The minimum atomic E-state index is -0.932. The van der Waals surface area contributed by atoms with Crippen molar-refractivity contribution in [2.45, 2.75) is 58.0 Å². The van der Waals surface area contributed by atoms with Crippen LogP contribution in [0.5, 0.6) is 5.75 Å². The van der Waals surface area contributed by atoms with Crippen LogP contribution in [0.25, 0.3) is 11.1 Å². The Morgan fingerprint density at radius 1 is 1.24 bits per heavy atom. The van der Waals surface area contributed by atoms with Gasteiger partial charge in [0.25, 0.3) is 5.91 Å². The fourth-order valence-electron chi connectivity index (χ4n) is 4.37. The minimum absolute atomic E-state index is 0.0270. The number of hydrogen-bond donors (Lipinski definition) is 1. The van der Waals surface area contributed by atoms with E-state index in [1.54, 1.807) is 45.0 Å². The van der Waals surface area contributed by atoms with Gasteiger partial charge in [0.05, 0.1) is 24.2 Å². The molecule has 1 saturated heterocycles. The Labute approximate surface area is 226 Å². The molecule has 0 radical (unpaired) electrons. The highest BCUT2D eigenvalue weighted by atomic mass is 35.5. The second kappa shape index (κ2) is 11.3. The molecule has 2 heterocycles. The van der Waals surface area contributed by atoms with Gasteiger partial charge in [-0.1, -0.05) is 17.7 Å². The Balaban J connectivity index is 1.45. The van der Waals surface area contributed by atoms with Crippen molar-refractivity contribution in [1.29, 1.82) is 10.5 Å². The van der Waals surface area contributed by atoms with E-state index in [2.05, 4.69) is 17.5 Å². The van der Waals surface area contributed by atoms with Crippen LogP contribution in [0.15, 0.2) is 30.3 Å². The van der Waals surface area contributed by atoms with Gasteiger partial charge in [-0.2, -0.15) is 10.5 Å². The van der Waals surface area contributed by atoms with Crippen LogP contribution < -0.4 is 10.1 Å². The molecular weight excluding hydrogens is 508 g/mol. The molecule has 0 spiro atoms. The van der Waals surface area contributed by atoms with Crippen LogP contribution in [-0.4, -0.2) is 54.3 Å². The number of ether oxygens (including phenoxy) is 3. The Kier molecular flexibility index (Phi) is 8.11. The van der Waals surface area contributed by atoms with Crippen molar-refractivity contribution in [3.63, 3.8) is 0 Å². The van der Waals surface area contributed by atoms with E-state index in [9.17, 15) is 14.9 Å². The maximum atomic E-state index is 13.0. The SMILES string of the molecule is CC(C)(C)OC(=O)N1CCCO[C@H](C(=O)NC(C#N)Cc2cc3c(cc2Cl)-c2ccc(C#N)cc2CO3)C1. The van der Waals surface area contributed by atoms with Gasteiger partial charge in [0.15, 0.2) is 6.10 Å². The number of carbonyl (C=O) groups is 2. The van der Waals surface area contributed by atoms with E-state index in [1.807, 2.05) is 6.07 Å². The first-order valence-corrected chi connectivity index (χ1v) is 12.7. The molecular formula is C28H29ClN4O5. The predicted octanol–water partition coefficient (Wildman–Crippen LogP) is 4.35. The summed E-state index contributed by atoms with van der Waals surface area (Å²) in [6, 6.07) is 12.3. The molecule has 4 rings (SSSR count). The van der Waals surface area contributed by atoms with E-state index >= 15 is 0 Å². The summed E-state index contributed by atoms with van der Waals surface area (Å²) < 4.78 is 17.0. The van der Waals surface area contributed by atoms with Crippen LogP contribution in [0.1, 0.15) is 43.9 Å². The normalized spacial score (nSPS) is 17.4. The van der Waals surface area contributed by atoms with Crippen LogP contribution in [0, 0.1) is 22.7 Å². The number of nitrogens with one attached hydrogen (secondary N) is 1. The summed E-state index contributed by atoms with van der Waals surface area (Å²) in [4.78, 5) is 27.0. The third-order valence-corrected chi connectivity index (χ3v) is 6.53. The second-order valence-electron chi connectivity index (χ2n) is 10.2. The number of hydrogen-bond acceptors (Lipinski definition) is 7. The average Bonchev–Trinajstić information content (AvgIpc) is 3.14. The summed E-state index contributed by atoms with van der Waals surface area (Å²) in [6.45, 7) is 6.39. The van der Waals surface area contributed by atoms with Crippen molar-refractivity contribution in [1.82, 2.24) is 10.2 Å². The molecule has 2 amide bonds. The molecule has 2 atom stereocenters. The first-order chi connectivity index (χ1) is 18.1. The number of nitriles is 2. The summed E-state index contributed by atoms with van der Waals surface area (Å²) >= 11 is 6.59. The van der Waals surface area contributed by atoms with Gasteiger partial charge in [0.2, 0.25) is 0 Å². The van der Waals surface area contributed by atoms with Gasteiger partial charge in [-0.05, 0) is 68.1 Å². The molecule has 2 aromatic carbocycles. The molecule has 0 aromatic heterocycles. The number of nitrogens with zero attached hydrogens (tertiary/aromatic N) is 3. The van der Waals surface area contributed by atoms with Crippen LogP contribution in [0.3, 0.4) is 0 Å². The van der Waals surface area contributed by atoms with Crippen molar-refractivity contribution in [3.8, 4) is 29.0 Å². The van der Waals surface area contributed by atoms with Crippen molar-refractivity contribution in [2.24, 2.45) is 0 Å². The Morgan fingerprint density at radius 3 is 2.74 bits per heavy atom. The molecule has 1 N–H and O–H groups in total. The Bertz CT molecular complexity index is 1320. The summed E-state index contributed by atoms with van der Waals surface area (Å²) in [5, 5.41) is 22.1. The fraction of sp³-hybridized carbons (Fsp3) is 0.429. The van der Waals surface area contributed by atoms with Gasteiger partial charge >= 0.3 is 6.09 Å². The maximum Gasteiger partial charge on any atom is 0.410 e. The van der Waals surface area contributed by atoms with E-state index in [1.165, 1.54) is 4.90 Å². The molecule has 10 heteroatoms. The lowest BCUT2D eigenvalue weighted by atomic mass is 9.93. The van der Waals surface area contributed by atoms with Crippen LogP contribution in [-0.2, 0) is 27.3 Å². The van der Waals surface area contributed by atoms with E-state index in [0.29, 0.717) is 48.1 Å². The number of benzene rings is 2. The zero-order valence-corrected chi connectivity index (χ0v) is 22.3. The quantitative estimate of drug-likeness (QED) is 0.616. The van der Waals surface area contributed by atoms with Gasteiger partial charge in [0.1, 0.15) is 24.0 Å². The smallest absolute Gasteiger partial charge is 0.410 e. The highest BCUT2D eigenvalue weighted by molar-refractivity contribution is 6.31. The lowest BCUT2D eigenvalue weighted by Gasteiger charge is -2.28. The number of carbonyl (C=O) groups excluding carboxylic acids is 2. The van der Waals surface area contributed by atoms with Crippen molar-refractivity contribution >= 4 is 23.6 Å². The summed E-state index contributed by atoms with van der Waals surface area (Å²) in [5.74, 6) is 0.129. The van der Waals surface area contributed by atoms with E-state index in [4.69, 9.17) is 31.1 Å². The van der Waals surface area contributed by atoms with Gasteiger partial charge in [-0.25, -0.2) is 4.79 Å². The van der Waals surface area contributed by atoms with Crippen LogP contribution in [0.4, 0.5) is 4.79 Å². The average molecular weight is 537 g/mol. The topological polar surface area (TPSA) is 125 Å². The molecule has 2 aliphatic rings. The summed E-state index contributed by atoms with van der Waals surface area (Å²) in [7, 11) is 0. The highest BCUT2D eigenvalue weighted by Gasteiger charge is 2.31. The Morgan fingerprint density at radius 2 is 2.03 bits per heavy atom. The molecule has 0 saturated carbocycles. The number of amides is 2. The predicted molar refractivity (Wildman–Crippen MR) is 139 cm³/mol. The molecule has 2 aliphatic heterocycles. The fourth-order valence-corrected chi connectivity index (χ4v) is 4.61. The summed E-state index contributed by atoms with van der Waals surface area (Å²) in [5.41, 5.74) is 3.17. The van der Waals surface area contributed by atoms with Crippen molar-refractivity contribution < 1.29 is 23.8 Å². The molecule has 9 nitrogen and oxygen atoms in total. The van der Waals surface area contributed by atoms with Gasteiger partial charge < -0.3 is 24.4 Å². The van der Waals surface area contributed by atoms with Gasteiger partial charge in [-0.15, -0.1) is 0 Å². The summed E-state index contributed by atoms with van der Waals surface area (Å²) in [6.07, 6.45) is -0.724. The molecule has 1 unspecified atom stereocenters. The second-order valence-corrected chi connectivity index (χ2v) is 10.7. The zero-order chi connectivity index (χ0) is 27.4. The lowest BCUT2D eigenvalue weighted by Crippen LogP contribution is -2.48. The standard InChI is InChI=1S/C28H29ClN4O5/c1-28(2,3)38-27(35)33-7-4-8-36-25(15-33)26(34)32-20(14-31)10-18-11-24-22(12-23(18)29)21-6-5-17(13-30)9-19(21)16-37-24/h5-6,9,11-12,20,25H,4,7-8,10,15-16H2,1-3H3,(H,32,34)/t20?,25-/m0/s1. The third kappa shape index (κ3) is 6.36. The zero-order valence-electron chi connectivity index (χ0n) is 21.5. The van der Waals surface area contributed by atoms with Crippen LogP contribution in [0.2, 0.25) is 5.02 Å². The first-order valence-electron chi connectivity index (χ1n) is 12.4. The van der Waals surface area contributed by atoms with E-state index < -0.39 is 29.7 Å². The first kappa shape index (κ1) is 27.3. The molecule has 1 fully saturated rings. The molecule has 198 valence electrons.